The Morgan fingerprint density at radius 2 is 1.95 bits per heavy atom. The maximum atomic E-state index is 14.2. The average molecular weight is 547 g/mol. The van der Waals surface area contributed by atoms with Crippen LogP contribution in [-0.2, 0) is 0 Å². The summed E-state index contributed by atoms with van der Waals surface area (Å²) in [6.07, 6.45) is 5.05. The van der Waals surface area contributed by atoms with Gasteiger partial charge < -0.3 is 11.1 Å². The van der Waals surface area contributed by atoms with Crippen LogP contribution in [0.25, 0.3) is 22.1 Å². The second-order valence-electron chi connectivity index (χ2n) is 9.22. The van der Waals surface area contributed by atoms with Crippen LogP contribution in [0, 0.1) is 18.8 Å². The minimum atomic E-state index is -0.558. The number of nitrogens with one attached hydrogen (secondary N) is 2. The van der Waals surface area contributed by atoms with Gasteiger partial charge in [0.25, 0.3) is 11.5 Å². The van der Waals surface area contributed by atoms with Crippen LogP contribution >= 0.6 is 11.3 Å². The number of nitrogen functional groups attached to an aromatic ring is 1. The van der Waals surface area contributed by atoms with E-state index in [9.17, 15) is 9.59 Å². The van der Waals surface area contributed by atoms with Crippen LogP contribution in [0.5, 0.6) is 0 Å². The van der Waals surface area contributed by atoms with Gasteiger partial charge in [-0.15, -0.1) is 15.9 Å². The zero-order valence-corrected chi connectivity index (χ0v) is 22.5. The fraction of sp³-hybridized carbons (Fsp3) is 0.100. The van der Waals surface area contributed by atoms with Crippen molar-refractivity contribution in [3.05, 3.63) is 116 Å². The number of pyridine rings is 1. The Morgan fingerprint density at radius 3 is 2.73 bits per heavy atom. The molecule has 10 heteroatoms. The largest absolute Gasteiger partial charge is 0.382 e. The number of anilines is 1. The topological polar surface area (TPSA) is 123 Å². The summed E-state index contributed by atoms with van der Waals surface area (Å²) in [7, 11) is 0. The summed E-state index contributed by atoms with van der Waals surface area (Å²) in [5, 5.41) is 8.09. The van der Waals surface area contributed by atoms with Gasteiger partial charge in [0.1, 0.15) is 12.4 Å². The van der Waals surface area contributed by atoms with E-state index in [0.29, 0.717) is 28.0 Å². The molecular weight excluding hydrogens is 522 g/mol. The third-order valence-electron chi connectivity index (χ3n) is 6.53. The van der Waals surface area contributed by atoms with Gasteiger partial charge in [0.05, 0.1) is 27.5 Å². The lowest BCUT2D eigenvalue weighted by Crippen LogP contribution is -2.33. The fourth-order valence-electron chi connectivity index (χ4n) is 4.72. The summed E-state index contributed by atoms with van der Waals surface area (Å²) in [5.41, 5.74) is 8.45. The summed E-state index contributed by atoms with van der Waals surface area (Å²) in [5.74, 6) is 6.10. The molecule has 0 aliphatic carbocycles. The van der Waals surface area contributed by atoms with Gasteiger partial charge in [-0.25, -0.2) is 10.1 Å². The lowest BCUT2D eigenvalue weighted by atomic mass is 10.0. The number of carbonyl (C=O) groups is 1. The molecule has 1 amide bonds. The Morgan fingerprint density at radius 1 is 1.12 bits per heavy atom. The molecule has 196 valence electrons. The van der Waals surface area contributed by atoms with Gasteiger partial charge in [0, 0.05) is 23.0 Å². The van der Waals surface area contributed by atoms with Crippen molar-refractivity contribution in [2.45, 2.75) is 19.9 Å². The molecule has 40 heavy (non-hydrogen) atoms. The first kappa shape index (κ1) is 25.0. The quantitative estimate of drug-likeness (QED) is 0.230. The zero-order valence-electron chi connectivity index (χ0n) is 21.7. The van der Waals surface area contributed by atoms with E-state index in [0.717, 1.165) is 15.3 Å². The molecule has 0 aliphatic heterocycles. The number of hydrogen-bond acceptors (Lipinski definition) is 6. The second-order valence-corrected chi connectivity index (χ2v) is 10.5. The SMILES string of the molecule is Cc1ncc(C#Cc2cccc3cc(C(C)NC(=O)c4c(N)[nH][n+]5cccnc45)n(-c4ccccc4)c(=O)c23)s1. The van der Waals surface area contributed by atoms with Crippen molar-refractivity contribution in [3.63, 3.8) is 0 Å². The number of H-pyrrole nitrogens is 1. The van der Waals surface area contributed by atoms with Gasteiger partial charge in [0.2, 0.25) is 0 Å². The molecule has 4 N–H and O–H groups in total. The van der Waals surface area contributed by atoms with Crippen molar-refractivity contribution in [3.8, 4) is 17.5 Å². The summed E-state index contributed by atoms with van der Waals surface area (Å²) < 4.78 is 3.21. The van der Waals surface area contributed by atoms with E-state index < -0.39 is 11.9 Å². The summed E-state index contributed by atoms with van der Waals surface area (Å²) in [6.45, 7) is 3.76. The smallest absolute Gasteiger partial charge is 0.362 e. The molecular formula is C30H24N7O2S+. The number of nitrogens with zero attached hydrogens (tertiary/aromatic N) is 4. The molecule has 0 spiro atoms. The van der Waals surface area contributed by atoms with Crippen LogP contribution in [0.4, 0.5) is 5.82 Å². The average Bonchev–Trinajstić information content (AvgIpc) is 3.53. The van der Waals surface area contributed by atoms with E-state index in [2.05, 4.69) is 32.2 Å². The van der Waals surface area contributed by atoms with Crippen molar-refractivity contribution in [2.75, 3.05) is 5.73 Å². The maximum absolute atomic E-state index is 14.2. The van der Waals surface area contributed by atoms with Crippen molar-refractivity contribution in [1.82, 2.24) is 25.0 Å². The van der Waals surface area contributed by atoms with E-state index in [-0.39, 0.29) is 16.9 Å². The van der Waals surface area contributed by atoms with Crippen LogP contribution in [0.15, 0.2) is 84.0 Å². The van der Waals surface area contributed by atoms with Crippen molar-refractivity contribution >= 4 is 39.5 Å². The number of carbonyl (C=O) groups excluding carboxylic acids is 1. The number of fused-ring (bicyclic) bond motifs is 2. The standard InChI is InChI=1S/C30H23N7O2S/c1-18(34-29(38)26-27(31)35-36-15-7-14-32-28(26)36)24-16-21-9-6-8-20(12-13-23-17-33-19(2)40-23)25(21)30(39)37(24)22-10-4-3-5-11-22/h3-11,14-18H,1-2H3,(H3,31,34,35,38)/p+1. The van der Waals surface area contributed by atoms with E-state index >= 15 is 0 Å². The molecule has 0 bridgehead atoms. The number of hydrogen-bond donors (Lipinski definition) is 3. The minimum absolute atomic E-state index is 0.196. The molecule has 0 saturated carbocycles. The molecule has 6 rings (SSSR count). The number of thiazole rings is 1. The summed E-state index contributed by atoms with van der Waals surface area (Å²) >= 11 is 1.50. The van der Waals surface area contributed by atoms with Crippen LogP contribution in [0.3, 0.4) is 0 Å². The highest BCUT2D eigenvalue weighted by molar-refractivity contribution is 7.12. The minimum Gasteiger partial charge on any atom is -0.382 e. The zero-order chi connectivity index (χ0) is 27.8. The van der Waals surface area contributed by atoms with E-state index in [4.69, 9.17) is 5.73 Å². The predicted molar refractivity (Wildman–Crippen MR) is 154 cm³/mol. The molecule has 6 aromatic rings. The Hall–Kier alpha value is -5.27. The van der Waals surface area contributed by atoms with Gasteiger partial charge in [-0.05, 0) is 54.4 Å². The number of aromatic amines is 1. The van der Waals surface area contributed by atoms with Crippen LogP contribution < -0.4 is 21.1 Å². The summed E-state index contributed by atoms with van der Waals surface area (Å²) in [4.78, 5) is 37.0. The van der Waals surface area contributed by atoms with E-state index in [1.165, 1.54) is 11.3 Å². The number of nitrogens with two attached hydrogens (primary N) is 1. The molecule has 4 heterocycles. The molecule has 0 saturated heterocycles. The third-order valence-corrected chi connectivity index (χ3v) is 7.36. The van der Waals surface area contributed by atoms with E-state index in [1.807, 2.05) is 68.4 Å². The monoisotopic (exact) mass is 546 g/mol. The normalized spacial score (nSPS) is 11.8. The van der Waals surface area contributed by atoms with Crippen molar-refractivity contribution in [1.29, 1.82) is 0 Å². The maximum Gasteiger partial charge on any atom is 0.362 e. The molecule has 0 radical (unpaired) electrons. The number of para-hydroxylation sites is 1. The lowest BCUT2D eigenvalue weighted by Gasteiger charge is -2.21. The first-order valence-electron chi connectivity index (χ1n) is 12.5. The highest BCUT2D eigenvalue weighted by atomic mass is 32.1. The molecule has 4 aromatic heterocycles. The molecule has 1 unspecified atom stereocenters. The molecule has 0 fully saturated rings. The molecule has 2 aromatic carbocycles. The van der Waals surface area contributed by atoms with Crippen molar-refractivity contribution in [2.24, 2.45) is 0 Å². The highest BCUT2D eigenvalue weighted by Crippen LogP contribution is 2.24. The van der Waals surface area contributed by atoms with Gasteiger partial charge in [-0.3, -0.25) is 14.2 Å². The Bertz CT molecular complexity index is 2030. The number of aryl methyl sites for hydroxylation is 1. The number of amides is 1. The summed E-state index contributed by atoms with van der Waals surface area (Å²) in [6, 6.07) is 18.0. The third kappa shape index (κ3) is 4.48. The molecule has 1 atom stereocenters. The van der Waals surface area contributed by atoms with Gasteiger partial charge >= 0.3 is 5.65 Å². The Balaban J connectivity index is 1.48. The molecule has 0 aliphatic rings. The van der Waals surface area contributed by atoms with Crippen molar-refractivity contribution < 1.29 is 9.31 Å². The second kappa shape index (κ2) is 10.1. The lowest BCUT2D eigenvalue weighted by molar-refractivity contribution is -0.577. The van der Waals surface area contributed by atoms with Crippen LogP contribution in [-0.4, -0.2) is 25.5 Å². The van der Waals surface area contributed by atoms with E-state index in [1.54, 1.807) is 33.7 Å². The first-order chi connectivity index (χ1) is 19.4. The first-order valence-corrected chi connectivity index (χ1v) is 13.4. The highest BCUT2D eigenvalue weighted by Gasteiger charge is 2.27. The predicted octanol–water partition coefficient (Wildman–Crippen LogP) is 3.69. The number of rotatable bonds is 4. The Labute approximate surface area is 233 Å². The number of aromatic nitrogens is 5. The van der Waals surface area contributed by atoms with Crippen LogP contribution in [0.2, 0.25) is 0 Å². The Kier molecular flexibility index (Phi) is 6.34. The fourth-order valence-corrected chi connectivity index (χ4v) is 5.35. The van der Waals surface area contributed by atoms with Gasteiger partial charge in [-0.2, -0.15) is 0 Å². The van der Waals surface area contributed by atoms with Crippen LogP contribution in [0.1, 0.15) is 44.5 Å². The van der Waals surface area contributed by atoms with Gasteiger partial charge in [0.15, 0.2) is 11.4 Å². The van der Waals surface area contributed by atoms with Gasteiger partial charge in [-0.1, -0.05) is 36.3 Å². The molecule has 9 nitrogen and oxygen atoms in total. The number of benzene rings is 2.